The number of benzene rings is 1. The zero-order valence-corrected chi connectivity index (χ0v) is 24.0. The Morgan fingerprint density at radius 3 is 1.68 bits per heavy atom. The maximum absolute atomic E-state index is 13.3. The van der Waals surface area contributed by atoms with Crippen LogP contribution < -0.4 is 0 Å². The van der Waals surface area contributed by atoms with Gasteiger partial charge in [-0.2, -0.15) is 26.3 Å². The topological polar surface area (TPSA) is 107 Å². The van der Waals surface area contributed by atoms with E-state index >= 15 is 0 Å². The number of ether oxygens (including phenoxy) is 1. The van der Waals surface area contributed by atoms with Gasteiger partial charge in [-0.25, -0.2) is 0 Å². The van der Waals surface area contributed by atoms with E-state index in [0.29, 0.717) is 26.2 Å². The van der Waals surface area contributed by atoms with Crippen LogP contribution in [0.1, 0.15) is 92.1 Å². The van der Waals surface area contributed by atoms with E-state index in [1.54, 1.807) is 26.8 Å². The minimum Gasteiger partial charge on any atom is -0.504 e. The Labute approximate surface area is 231 Å². The predicted molar refractivity (Wildman–Crippen MR) is 137 cm³/mol. The van der Waals surface area contributed by atoms with Crippen LogP contribution in [0.2, 0.25) is 0 Å². The molecule has 1 aromatic carbocycles. The van der Waals surface area contributed by atoms with Gasteiger partial charge in [0.05, 0.1) is 5.41 Å². The molecule has 12 heteroatoms. The molecule has 40 heavy (non-hydrogen) atoms. The highest BCUT2D eigenvalue weighted by atomic mass is 19.4. The molecule has 0 aromatic heterocycles. The molecule has 1 fully saturated rings. The monoisotopic (exact) mass is 588 g/mol. The van der Waals surface area contributed by atoms with Crippen LogP contribution >= 0.6 is 0 Å². The molecule has 1 aliphatic carbocycles. The lowest BCUT2D eigenvalue weighted by atomic mass is 9.67. The summed E-state index contributed by atoms with van der Waals surface area (Å²) in [5, 5.41) is 38.2. The number of carbonyl (C=O) groups is 1. The van der Waals surface area contributed by atoms with Gasteiger partial charge in [0.2, 0.25) is 0 Å². The fraction of sp³-hybridized carbons (Fsp3) is 0.750. The number of aromatic hydroxyl groups is 2. The molecule has 0 bridgehead atoms. The first-order valence-electron chi connectivity index (χ1n) is 13.2. The molecule has 0 saturated heterocycles. The second-order valence-corrected chi connectivity index (χ2v) is 11.7. The van der Waals surface area contributed by atoms with Crippen LogP contribution in [0.25, 0.3) is 0 Å². The molecule has 0 aliphatic heterocycles. The Balaban J connectivity index is 0.000000552. The predicted octanol–water partition coefficient (Wildman–Crippen LogP) is 6.99. The second-order valence-electron chi connectivity index (χ2n) is 11.7. The third-order valence-electron chi connectivity index (χ3n) is 8.29. The molecule has 0 radical (unpaired) electrons. The highest BCUT2D eigenvalue weighted by molar-refractivity contribution is 5.76. The molecule has 1 aromatic rings. The van der Waals surface area contributed by atoms with E-state index in [2.05, 4.69) is 13.8 Å². The van der Waals surface area contributed by atoms with E-state index < -0.39 is 72.1 Å². The molecule has 5 unspecified atom stereocenters. The van der Waals surface area contributed by atoms with E-state index in [1.807, 2.05) is 6.07 Å². The van der Waals surface area contributed by atoms with Gasteiger partial charge in [0.1, 0.15) is 6.10 Å². The van der Waals surface area contributed by atoms with Crippen molar-refractivity contribution in [3.63, 3.8) is 0 Å². The molecule has 4 N–H and O–H groups in total. The molecule has 6 nitrogen and oxygen atoms in total. The summed E-state index contributed by atoms with van der Waals surface area (Å²) in [4.78, 5) is 12.3. The van der Waals surface area contributed by atoms with Gasteiger partial charge in [-0.05, 0) is 83.4 Å². The van der Waals surface area contributed by atoms with Crippen molar-refractivity contribution in [2.24, 2.45) is 17.3 Å². The van der Waals surface area contributed by atoms with Crippen molar-refractivity contribution in [1.82, 2.24) is 0 Å². The molecule has 232 valence electrons. The van der Waals surface area contributed by atoms with Gasteiger partial charge in [0.15, 0.2) is 22.7 Å². The number of aliphatic hydroxyl groups is 2. The maximum Gasteiger partial charge on any atom is 0.417 e. The van der Waals surface area contributed by atoms with Crippen molar-refractivity contribution in [3.05, 3.63) is 23.8 Å². The summed E-state index contributed by atoms with van der Waals surface area (Å²) in [7, 11) is 0. The van der Waals surface area contributed by atoms with Crippen LogP contribution in [-0.4, -0.2) is 56.1 Å². The fourth-order valence-corrected chi connectivity index (χ4v) is 4.28. The van der Waals surface area contributed by atoms with Gasteiger partial charge >= 0.3 is 18.3 Å². The Bertz CT molecular complexity index is 952. The van der Waals surface area contributed by atoms with Gasteiger partial charge in [-0.3, -0.25) is 4.79 Å². The molecule has 2 rings (SSSR count). The lowest BCUT2D eigenvalue weighted by Crippen LogP contribution is -2.57. The van der Waals surface area contributed by atoms with Gasteiger partial charge < -0.3 is 25.2 Å². The van der Waals surface area contributed by atoms with E-state index in [1.165, 1.54) is 6.07 Å². The number of alkyl halides is 6. The number of carbonyl (C=O) groups excluding carboxylic acids is 1. The van der Waals surface area contributed by atoms with Crippen molar-refractivity contribution in [2.45, 2.75) is 116 Å². The van der Waals surface area contributed by atoms with E-state index in [0.717, 1.165) is 12.0 Å². The van der Waals surface area contributed by atoms with Crippen LogP contribution in [0.15, 0.2) is 18.2 Å². The zero-order valence-electron chi connectivity index (χ0n) is 24.0. The molecular formula is C28H42F6O6. The number of phenols is 2. The maximum atomic E-state index is 13.3. The Kier molecular flexibility index (Phi) is 11.4. The highest BCUT2D eigenvalue weighted by Gasteiger charge is 2.61. The van der Waals surface area contributed by atoms with Crippen molar-refractivity contribution < 1.29 is 56.3 Å². The summed E-state index contributed by atoms with van der Waals surface area (Å²) in [6, 6.07) is 4.98. The third-order valence-corrected chi connectivity index (χ3v) is 8.29. The summed E-state index contributed by atoms with van der Waals surface area (Å²) in [6.45, 7) is 9.93. The number of esters is 1. The van der Waals surface area contributed by atoms with Gasteiger partial charge in [-0.15, -0.1) is 0 Å². The first-order valence-corrected chi connectivity index (χ1v) is 13.2. The number of halogens is 6. The number of hydrogen-bond acceptors (Lipinski definition) is 6. The van der Waals surface area contributed by atoms with Gasteiger partial charge in [0, 0.05) is 11.8 Å². The van der Waals surface area contributed by atoms with Crippen molar-refractivity contribution in [1.29, 1.82) is 0 Å². The zero-order chi connectivity index (χ0) is 31.5. The summed E-state index contributed by atoms with van der Waals surface area (Å²) in [5.41, 5.74) is -6.49. The highest BCUT2D eigenvalue weighted by Crippen LogP contribution is 2.50. The van der Waals surface area contributed by atoms with Crippen LogP contribution in [0.4, 0.5) is 26.3 Å². The van der Waals surface area contributed by atoms with Crippen LogP contribution in [-0.2, 0) is 9.53 Å². The SMILES string of the molecule is CCC(C)(C)C(=O)OC1CC(C(C)(O)C(F)(F)F)CC(C(C)(O)C(F)(F)F)C1.CCC(C)c1ccc(O)c(O)c1. The standard InChI is InChI=1S/C18H28F6O4.C10H14O2/c1-6-14(2,3)13(25)28-12-8-10(15(4,26)17(19,20)21)7-11(9-12)16(5,27)18(22,23)24;1-3-7(2)8-4-5-9(11)10(12)6-8/h10-12,26-27H,6-9H2,1-5H3;4-7,11-12H,3H2,1-2H3. The lowest BCUT2D eigenvalue weighted by Gasteiger charge is -2.46. The average molecular weight is 589 g/mol. The first-order chi connectivity index (χ1) is 17.9. The van der Waals surface area contributed by atoms with Crippen LogP contribution in [0.5, 0.6) is 11.5 Å². The van der Waals surface area contributed by atoms with E-state index in [4.69, 9.17) is 9.84 Å². The first kappa shape index (κ1) is 35.8. The minimum absolute atomic E-state index is 0.0344. The van der Waals surface area contributed by atoms with Crippen molar-refractivity contribution in [2.75, 3.05) is 0 Å². The summed E-state index contributed by atoms with van der Waals surface area (Å²) in [5.74, 6) is -3.77. The van der Waals surface area contributed by atoms with E-state index in [9.17, 15) is 46.5 Å². The lowest BCUT2D eigenvalue weighted by molar-refractivity contribution is -0.299. The molecular weight excluding hydrogens is 546 g/mol. The summed E-state index contributed by atoms with van der Waals surface area (Å²) >= 11 is 0. The van der Waals surface area contributed by atoms with Crippen molar-refractivity contribution in [3.8, 4) is 11.5 Å². The normalized spacial score (nSPS) is 24.1. The molecule has 0 amide bonds. The van der Waals surface area contributed by atoms with Gasteiger partial charge in [0.25, 0.3) is 0 Å². The summed E-state index contributed by atoms with van der Waals surface area (Å²) in [6.07, 6.45) is -11.7. The van der Waals surface area contributed by atoms with Gasteiger partial charge in [-0.1, -0.05) is 26.8 Å². The number of phenolic OH excluding ortho intramolecular Hbond substituents is 2. The molecule has 0 heterocycles. The fourth-order valence-electron chi connectivity index (χ4n) is 4.28. The smallest absolute Gasteiger partial charge is 0.417 e. The van der Waals surface area contributed by atoms with Crippen LogP contribution in [0, 0.1) is 17.3 Å². The quantitative estimate of drug-likeness (QED) is 0.155. The minimum atomic E-state index is -5.10. The second kappa shape index (κ2) is 12.8. The summed E-state index contributed by atoms with van der Waals surface area (Å²) < 4.78 is 84.8. The molecule has 0 spiro atoms. The Morgan fingerprint density at radius 1 is 0.875 bits per heavy atom. The van der Waals surface area contributed by atoms with Crippen molar-refractivity contribution >= 4 is 5.97 Å². The average Bonchev–Trinajstić information content (AvgIpc) is 2.83. The Hall–Kier alpha value is -2.21. The van der Waals surface area contributed by atoms with Crippen LogP contribution in [0.3, 0.4) is 0 Å². The Morgan fingerprint density at radius 2 is 1.32 bits per heavy atom. The molecule has 1 saturated carbocycles. The number of hydrogen-bond donors (Lipinski definition) is 4. The molecule has 5 atom stereocenters. The van der Waals surface area contributed by atoms with E-state index in [-0.39, 0.29) is 11.5 Å². The number of rotatable bonds is 7. The molecule has 1 aliphatic rings. The third kappa shape index (κ3) is 8.41. The largest absolute Gasteiger partial charge is 0.504 e.